The van der Waals surface area contributed by atoms with Crippen LogP contribution < -0.4 is 16.0 Å². The zero-order valence-corrected chi connectivity index (χ0v) is 44.0. The van der Waals surface area contributed by atoms with Gasteiger partial charge in [0, 0.05) is 6.54 Å². The van der Waals surface area contributed by atoms with Crippen LogP contribution in [0.25, 0.3) is 22.3 Å². The molecule has 374 valence electrons. The number of aryl methyl sites for hydroxylation is 2. The van der Waals surface area contributed by atoms with Crippen molar-refractivity contribution in [2.45, 2.75) is 258 Å². The van der Waals surface area contributed by atoms with Gasteiger partial charge in [0.1, 0.15) is 0 Å². The summed E-state index contributed by atoms with van der Waals surface area (Å²) < 4.78 is 0. The van der Waals surface area contributed by atoms with Gasteiger partial charge in [0.25, 0.3) is 0 Å². The molecule has 0 heterocycles. The Hall–Kier alpha value is -2.46. The van der Waals surface area contributed by atoms with Gasteiger partial charge >= 0.3 is 0 Å². The maximum Gasteiger partial charge on any atom is 0.0205 e. The van der Waals surface area contributed by atoms with Gasteiger partial charge in [0.2, 0.25) is 0 Å². The molecule has 0 unspecified atom stereocenters. The molecule has 0 atom stereocenters. The minimum Gasteiger partial charge on any atom is -0.317 e. The topological polar surface area (TPSA) is 36.1 Å². The zero-order valence-electron chi connectivity index (χ0n) is 44.0. The second-order valence-corrected chi connectivity index (χ2v) is 20.4. The Bertz CT molecular complexity index is 1510. The highest BCUT2D eigenvalue weighted by molar-refractivity contribution is 5.74. The first-order valence-corrected chi connectivity index (χ1v) is 29.2. The van der Waals surface area contributed by atoms with Crippen molar-refractivity contribution in [2.24, 2.45) is 0 Å². The van der Waals surface area contributed by atoms with Crippen molar-refractivity contribution in [3.05, 3.63) is 83.4 Å². The fourth-order valence-electron chi connectivity index (χ4n) is 9.89. The van der Waals surface area contributed by atoms with E-state index in [9.17, 15) is 0 Å². The summed E-state index contributed by atoms with van der Waals surface area (Å²) in [5, 5.41) is 11.0. The quantitative estimate of drug-likeness (QED) is 0.0494. The number of benzene rings is 3. The normalized spacial score (nSPS) is 11.6. The first-order chi connectivity index (χ1) is 32.7. The molecule has 0 saturated carbocycles. The predicted molar refractivity (Wildman–Crippen MR) is 296 cm³/mol. The summed E-state index contributed by atoms with van der Waals surface area (Å²) in [7, 11) is 0. The van der Waals surface area contributed by atoms with Crippen molar-refractivity contribution in [1.82, 2.24) is 16.0 Å². The second-order valence-electron chi connectivity index (χ2n) is 20.4. The predicted octanol–water partition coefficient (Wildman–Crippen LogP) is 18.7. The fourth-order valence-corrected chi connectivity index (χ4v) is 9.89. The molecule has 0 fully saturated rings. The average Bonchev–Trinajstić information content (AvgIpc) is 3.34. The highest BCUT2D eigenvalue weighted by atomic mass is 14.9. The van der Waals surface area contributed by atoms with E-state index in [4.69, 9.17) is 0 Å². The molecule has 0 saturated heterocycles. The van der Waals surface area contributed by atoms with Crippen LogP contribution in [0, 0.1) is 0 Å². The van der Waals surface area contributed by atoms with Crippen molar-refractivity contribution in [1.29, 1.82) is 0 Å². The Morgan fingerprint density at radius 1 is 0.288 bits per heavy atom. The lowest BCUT2D eigenvalue weighted by atomic mass is 9.90. The lowest BCUT2D eigenvalue weighted by Crippen LogP contribution is -2.25. The molecular formula is C63H107N3. The fraction of sp³-hybridized carbons (Fsp3) is 0.714. The van der Waals surface area contributed by atoms with Crippen molar-refractivity contribution in [3.63, 3.8) is 0 Å². The van der Waals surface area contributed by atoms with Gasteiger partial charge in [-0.2, -0.15) is 0 Å². The van der Waals surface area contributed by atoms with Crippen LogP contribution in [0.5, 0.6) is 0 Å². The third kappa shape index (κ3) is 30.1. The molecule has 0 amide bonds. The van der Waals surface area contributed by atoms with Crippen LogP contribution in [0.1, 0.15) is 256 Å². The van der Waals surface area contributed by atoms with Gasteiger partial charge in [0.15, 0.2) is 0 Å². The van der Waals surface area contributed by atoms with E-state index in [-0.39, 0.29) is 0 Å². The number of hydrogen-bond acceptors (Lipinski definition) is 3. The molecule has 0 radical (unpaired) electrons. The summed E-state index contributed by atoms with van der Waals surface area (Å²) >= 11 is 0. The summed E-state index contributed by atoms with van der Waals surface area (Å²) in [4.78, 5) is 0. The Labute approximate surface area is 411 Å². The highest BCUT2D eigenvalue weighted by Gasteiger charge is 2.10. The van der Waals surface area contributed by atoms with E-state index in [0.29, 0.717) is 0 Å². The Kier molecular flexibility index (Phi) is 37.4. The van der Waals surface area contributed by atoms with Gasteiger partial charge in [0.05, 0.1) is 0 Å². The zero-order chi connectivity index (χ0) is 46.6. The largest absolute Gasteiger partial charge is 0.317 e. The van der Waals surface area contributed by atoms with Crippen LogP contribution >= 0.6 is 0 Å². The van der Waals surface area contributed by atoms with Gasteiger partial charge in [-0.3, -0.25) is 0 Å². The van der Waals surface area contributed by atoms with Gasteiger partial charge in [-0.05, 0) is 123 Å². The summed E-state index contributed by atoms with van der Waals surface area (Å²) in [6.45, 7) is 13.4. The lowest BCUT2D eigenvalue weighted by molar-refractivity contribution is 0.535. The van der Waals surface area contributed by atoms with E-state index in [1.807, 2.05) is 0 Å². The highest BCUT2D eigenvalue weighted by Crippen LogP contribution is 2.32. The van der Waals surface area contributed by atoms with Crippen molar-refractivity contribution in [3.8, 4) is 22.3 Å². The van der Waals surface area contributed by atoms with E-state index in [1.165, 1.54) is 264 Å². The van der Waals surface area contributed by atoms with Gasteiger partial charge < -0.3 is 16.0 Å². The molecule has 0 aromatic heterocycles. The van der Waals surface area contributed by atoms with Crippen LogP contribution in [0.15, 0.2) is 66.7 Å². The molecule has 3 aromatic carbocycles. The number of nitrogens with one attached hydrogen (secondary N) is 3. The molecule has 3 rings (SSSR count). The van der Waals surface area contributed by atoms with Gasteiger partial charge in [-0.1, -0.05) is 268 Å². The van der Waals surface area contributed by atoms with Crippen molar-refractivity contribution < 1.29 is 0 Å². The molecule has 3 nitrogen and oxygen atoms in total. The molecule has 0 aliphatic rings. The summed E-state index contributed by atoms with van der Waals surface area (Å²) in [5.41, 5.74) is 9.97. The van der Waals surface area contributed by atoms with E-state index in [1.54, 1.807) is 0 Å². The molecule has 3 N–H and O–H groups in total. The van der Waals surface area contributed by atoms with Crippen LogP contribution in [0.4, 0.5) is 0 Å². The third-order valence-corrected chi connectivity index (χ3v) is 14.2. The lowest BCUT2D eigenvalue weighted by Gasteiger charge is -2.15. The monoisotopic (exact) mass is 906 g/mol. The van der Waals surface area contributed by atoms with E-state index < -0.39 is 0 Å². The molecule has 0 aliphatic heterocycles. The molecule has 66 heavy (non-hydrogen) atoms. The third-order valence-electron chi connectivity index (χ3n) is 14.2. The Balaban J connectivity index is 1.46. The van der Waals surface area contributed by atoms with Crippen LogP contribution in [-0.2, 0) is 19.4 Å². The van der Waals surface area contributed by atoms with Crippen molar-refractivity contribution >= 4 is 0 Å². The maximum atomic E-state index is 3.72. The minimum absolute atomic E-state index is 0.923. The molecular weight excluding hydrogens is 799 g/mol. The molecule has 0 spiro atoms. The molecule has 3 heteroatoms. The number of unbranched alkanes of at least 4 members (excludes halogenated alkanes) is 29. The molecule has 0 aliphatic carbocycles. The van der Waals surface area contributed by atoms with Crippen LogP contribution in [0.3, 0.4) is 0 Å². The smallest absolute Gasteiger partial charge is 0.0205 e. The Morgan fingerprint density at radius 3 is 1.18 bits per heavy atom. The van der Waals surface area contributed by atoms with Crippen LogP contribution in [-0.4, -0.2) is 32.7 Å². The summed E-state index contributed by atoms with van der Waals surface area (Å²) in [6, 6.07) is 26.2. The van der Waals surface area contributed by atoms with E-state index in [2.05, 4.69) is 103 Å². The first-order valence-electron chi connectivity index (χ1n) is 29.2. The van der Waals surface area contributed by atoms with Crippen molar-refractivity contribution in [2.75, 3.05) is 32.7 Å². The SMILES string of the molecule is CCCCCCCCCCCCCCCCc1cccc(-c2ccc(-c3cccc(CNCCCNCCCNCCCCCC)c3)cc2CCCCCCCCCCCCCCCC)c1. The minimum atomic E-state index is 0.923. The second kappa shape index (κ2) is 42.6. The van der Waals surface area contributed by atoms with Crippen LogP contribution in [0.2, 0.25) is 0 Å². The summed E-state index contributed by atoms with van der Waals surface area (Å²) in [6.07, 6.45) is 49.6. The summed E-state index contributed by atoms with van der Waals surface area (Å²) in [5.74, 6) is 0. The Morgan fingerprint density at radius 2 is 0.667 bits per heavy atom. The van der Waals surface area contributed by atoms with Gasteiger partial charge in [-0.25, -0.2) is 0 Å². The van der Waals surface area contributed by atoms with E-state index >= 15 is 0 Å². The van der Waals surface area contributed by atoms with E-state index in [0.717, 1.165) is 45.6 Å². The first kappa shape index (κ1) is 57.9. The maximum absolute atomic E-state index is 3.72. The standard InChI is InChI=1S/C63H107N3/c1-4-7-10-13-15-17-19-21-23-25-27-29-31-33-40-57-41-36-45-61(53-57)63-47-46-60(55-62(63)43-34-32-30-28-26-24-22-20-18-16-14-11-8-5-2)59-44-37-42-58(54-59)56-66-52-39-51-65-50-38-49-64-48-35-12-9-6-3/h36-37,41-42,44-47,53-55,64-66H,4-35,38-40,43,48-52,56H2,1-3H3. The number of rotatable bonds is 47. The molecule has 0 bridgehead atoms. The number of hydrogen-bond donors (Lipinski definition) is 3. The molecule has 3 aromatic rings. The average molecular weight is 907 g/mol. The van der Waals surface area contributed by atoms with Gasteiger partial charge in [-0.15, -0.1) is 0 Å².